The van der Waals surface area contributed by atoms with E-state index in [2.05, 4.69) is 65.7 Å². The highest BCUT2D eigenvalue weighted by Gasteiger charge is 2.21. The number of unbranched alkanes of at least 4 members (excludes halogenated alkanes) is 1. The van der Waals surface area contributed by atoms with Crippen LogP contribution in [-0.4, -0.2) is 5.16 Å². The molecular weight excluding hydrogens is 346 g/mol. The highest BCUT2D eigenvalue weighted by molar-refractivity contribution is 7.78. The molecule has 0 aliphatic heterocycles. The number of aliphatic imine (C=N–C) groups is 1. The second-order valence-corrected chi connectivity index (χ2v) is 8.15. The predicted molar refractivity (Wildman–Crippen MR) is 119 cm³/mol. The van der Waals surface area contributed by atoms with Crippen molar-refractivity contribution in [1.82, 2.24) is 0 Å². The van der Waals surface area contributed by atoms with Gasteiger partial charge in [-0.05, 0) is 91.4 Å². The molecule has 1 nitrogen and oxygen atoms in total. The maximum atomic E-state index is 4.65. The molecular formula is C25H31NS. The first-order valence-electron chi connectivity index (χ1n) is 10.5. The fourth-order valence-corrected chi connectivity index (χ4v) is 4.42. The summed E-state index contributed by atoms with van der Waals surface area (Å²) in [5.41, 5.74) is 5.20. The zero-order valence-corrected chi connectivity index (χ0v) is 17.3. The Hall–Kier alpha value is -1.76. The van der Waals surface area contributed by atoms with Crippen molar-refractivity contribution in [3.63, 3.8) is 0 Å². The third-order valence-electron chi connectivity index (χ3n) is 6.08. The van der Waals surface area contributed by atoms with Crippen molar-refractivity contribution in [3.05, 3.63) is 65.2 Å². The lowest BCUT2D eigenvalue weighted by Crippen LogP contribution is -2.13. The van der Waals surface area contributed by atoms with Gasteiger partial charge in [0.2, 0.25) is 0 Å². The van der Waals surface area contributed by atoms with Crippen molar-refractivity contribution < 1.29 is 0 Å². The van der Waals surface area contributed by atoms with E-state index in [1.165, 1.54) is 56.1 Å². The maximum absolute atomic E-state index is 4.65. The van der Waals surface area contributed by atoms with Gasteiger partial charge in [0.05, 0.1) is 10.8 Å². The standard InChI is InChI=1S/C25H31NS/c1-2-3-4-20-7-13-23(14-8-20)24-15-9-21(10-16-24)5-6-22-11-17-25(18-12-22)26-19-27/h9-12,15-18,20,23H,2-8,13-14H2,1H3. The second kappa shape index (κ2) is 10.5. The van der Waals surface area contributed by atoms with E-state index in [1.54, 1.807) is 5.56 Å². The fourth-order valence-electron chi connectivity index (χ4n) is 4.31. The van der Waals surface area contributed by atoms with Crippen LogP contribution in [0.4, 0.5) is 5.69 Å². The van der Waals surface area contributed by atoms with Crippen LogP contribution in [0.5, 0.6) is 0 Å². The Morgan fingerprint density at radius 3 is 2.04 bits per heavy atom. The van der Waals surface area contributed by atoms with Gasteiger partial charge in [0, 0.05) is 0 Å². The molecule has 0 bridgehead atoms. The van der Waals surface area contributed by atoms with E-state index < -0.39 is 0 Å². The molecule has 0 radical (unpaired) electrons. The van der Waals surface area contributed by atoms with Crippen LogP contribution in [0.1, 0.15) is 74.5 Å². The first-order chi connectivity index (χ1) is 13.3. The molecule has 0 unspecified atom stereocenters. The highest BCUT2D eigenvalue weighted by Crippen LogP contribution is 2.37. The monoisotopic (exact) mass is 377 g/mol. The Morgan fingerprint density at radius 2 is 1.48 bits per heavy atom. The van der Waals surface area contributed by atoms with E-state index in [1.807, 2.05) is 12.1 Å². The van der Waals surface area contributed by atoms with Crippen LogP contribution in [0.15, 0.2) is 53.5 Å². The van der Waals surface area contributed by atoms with E-state index in [0.717, 1.165) is 30.4 Å². The fraction of sp³-hybridized carbons (Fsp3) is 0.480. The van der Waals surface area contributed by atoms with Crippen LogP contribution >= 0.6 is 12.2 Å². The molecule has 0 amide bonds. The number of benzene rings is 2. The van der Waals surface area contributed by atoms with Crippen molar-refractivity contribution in [3.8, 4) is 0 Å². The summed E-state index contributed by atoms with van der Waals surface area (Å²) in [6.07, 6.45) is 11.9. The Bertz CT molecular complexity index is 733. The number of nitrogens with zero attached hydrogens (tertiary/aromatic N) is 1. The molecule has 2 aromatic carbocycles. The molecule has 1 aliphatic carbocycles. The van der Waals surface area contributed by atoms with E-state index in [9.17, 15) is 0 Å². The van der Waals surface area contributed by atoms with E-state index >= 15 is 0 Å². The molecule has 0 spiro atoms. The van der Waals surface area contributed by atoms with Crippen LogP contribution in [0.3, 0.4) is 0 Å². The molecule has 2 heteroatoms. The molecule has 0 aromatic heterocycles. The Labute approximate surface area is 169 Å². The summed E-state index contributed by atoms with van der Waals surface area (Å²) in [7, 11) is 0. The van der Waals surface area contributed by atoms with Gasteiger partial charge in [-0.15, -0.1) is 0 Å². The SMILES string of the molecule is CCCCC1CCC(c2ccc(CCc3ccc(N=C=S)cc3)cc2)CC1. The largest absolute Gasteiger partial charge is 0.195 e. The van der Waals surface area contributed by atoms with Crippen molar-refractivity contribution in [2.45, 2.75) is 70.6 Å². The van der Waals surface area contributed by atoms with Gasteiger partial charge in [-0.25, -0.2) is 0 Å². The molecule has 0 N–H and O–H groups in total. The van der Waals surface area contributed by atoms with Crippen molar-refractivity contribution in [2.24, 2.45) is 10.9 Å². The van der Waals surface area contributed by atoms with Crippen molar-refractivity contribution >= 4 is 23.1 Å². The van der Waals surface area contributed by atoms with Gasteiger partial charge in [0.25, 0.3) is 0 Å². The van der Waals surface area contributed by atoms with E-state index in [4.69, 9.17) is 0 Å². The van der Waals surface area contributed by atoms with Gasteiger partial charge in [-0.2, -0.15) is 4.99 Å². The van der Waals surface area contributed by atoms with Gasteiger partial charge in [0.1, 0.15) is 0 Å². The number of hydrogen-bond donors (Lipinski definition) is 0. The molecule has 3 rings (SSSR count). The Kier molecular flexibility index (Phi) is 7.80. The summed E-state index contributed by atoms with van der Waals surface area (Å²) in [6, 6.07) is 17.7. The van der Waals surface area contributed by atoms with Gasteiger partial charge >= 0.3 is 0 Å². The number of hydrogen-bond acceptors (Lipinski definition) is 2. The van der Waals surface area contributed by atoms with Crippen LogP contribution in [-0.2, 0) is 12.8 Å². The summed E-state index contributed by atoms with van der Waals surface area (Å²) in [5, 5.41) is 2.41. The lowest BCUT2D eigenvalue weighted by molar-refractivity contribution is 0.304. The highest BCUT2D eigenvalue weighted by atomic mass is 32.1. The molecule has 142 valence electrons. The Morgan fingerprint density at radius 1 is 0.889 bits per heavy atom. The summed E-state index contributed by atoms with van der Waals surface area (Å²) in [6.45, 7) is 2.30. The zero-order chi connectivity index (χ0) is 18.9. The van der Waals surface area contributed by atoms with Gasteiger partial charge in [-0.3, -0.25) is 0 Å². The average molecular weight is 378 g/mol. The van der Waals surface area contributed by atoms with Gasteiger partial charge < -0.3 is 0 Å². The average Bonchev–Trinajstić information content (AvgIpc) is 2.73. The first-order valence-corrected chi connectivity index (χ1v) is 10.9. The topological polar surface area (TPSA) is 12.4 Å². The first kappa shape index (κ1) is 20.0. The molecule has 27 heavy (non-hydrogen) atoms. The van der Waals surface area contributed by atoms with Gasteiger partial charge in [0.15, 0.2) is 0 Å². The lowest BCUT2D eigenvalue weighted by Gasteiger charge is -2.29. The molecule has 1 saturated carbocycles. The van der Waals surface area contributed by atoms with Crippen molar-refractivity contribution in [2.75, 3.05) is 0 Å². The van der Waals surface area contributed by atoms with Crippen LogP contribution in [0.2, 0.25) is 0 Å². The zero-order valence-electron chi connectivity index (χ0n) is 16.5. The minimum Gasteiger partial charge on any atom is -0.195 e. The van der Waals surface area contributed by atoms with Crippen LogP contribution < -0.4 is 0 Å². The Balaban J connectivity index is 1.48. The second-order valence-electron chi connectivity index (χ2n) is 7.97. The van der Waals surface area contributed by atoms with E-state index in [0.29, 0.717) is 0 Å². The number of thiocarbonyl (C=S) groups is 1. The minimum atomic E-state index is 0.784. The number of isothiocyanates is 1. The minimum absolute atomic E-state index is 0.784. The van der Waals surface area contributed by atoms with Crippen LogP contribution in [0, 0.1) is 5.92 Å². The normalized spacial score (nSPS) is 19.4. The summed E-state index contributed by atoms with van der Waals surface area (Å²) < 4.78 is 0. The molecule has 0 atom stereocenters. The third kappa shape index (κ3) is 6.13. The van der Waals surface area contributed by atoms with Gasteiger partial charge in [-0.1, -0.05) is 62.6 Å². The smallest absolute Gasteiger partial charge is 0.0739 e. The number of aryl methyl sites for hydroxylation is 2. The van der Waals surface area contributed by atoms with Crippen LogP contribution in [0.25, 0.3) is 0 Å². The molecule has 1 fully saturated rings. The molecule has 1 aliphatic rings. The predicted octanol–water partition coefficient (Wildman–Crippen LogP) is 7.67. The maximum Gasteiger partial charge on any atom is 0.0739 e. The summed E-state index contributed by atoms with van der Waals surface area (Å²) in [4.78, 5) is 4.00. The summed E-state index contributed by atoms with van der Waals surface area (Å²) >= 11 is 4.65. The third-order valence-corrected chi connectivity index (χ3v) is 6.17. The molecule has 0 saturated heterocycles. The van der Waals surface area contributed by atoms with Crippen molar-refractivity contribution in [1.29, 1.82) is 0 Å². The van der Waals surface area contributed by atoms with E-state index in [-0.39, 0.29) is 0 Å². The summed E-state index contributed by atoms with van der Waals surface area (Å²) in [5.74, 6) is 1.77. The molecule has 0 heterocycles. The lowest BCUT2D eigenvalue weighted by atomic mass is 9.77. The quantitative estimate of drug-likeness (QED) is 0.339. The number of rotatable bonds is 8. The molecule has 2 aromatic rings.